The van der Waals surface area contributed by atoms with Crippen LogP contribution in [0.15, 0.2) is 12.2 Å². The van der Waals surface area contributed by atoms with E-state index in [1.807, 2.05) is 0 Å². The highest BCUT2D eigenvalue weighted by Gasteiger charge is 1.93. The van der Waals surface area contributed by atoms with Gasteiger partial charge in [0.05, 0.1) is 0 Å². The molecule has 0 aliphatic heterocycles. The topological polar surface area (TPSA) is 20.3 Å². The van der Waals surface area contributed by atoms with Gasteiger partial charge in [0.25, 0.3) is 0 Å². The van der Waals surface area contributed by atoms with Crippen molar-refractivity contribution in [1.29, 1.82) is 0 Å². The maximum atomic E-state index is 10.7. The molecule has 9 heavy (non-hydrogen) atoms. The van der Waals surface area contributed by atoms with Crippen LogP contribution >= 0.6 is 11.6 Å². The Labute approximate surface area is 60.1 Å². The molecular formula is C6H10ClNO. The molecule has 0 N–H and O–H groups in total. The Morgan fingerprint density at radius 3 is 2.56 bits per heavy atom. The van der Waals surface area contributed by atoms with Crippen LogP contribution in [0.2, 0.25) is 0 Å². The summed E-state index contributed by atoms with van der Waals surface area (Å²) in [7, 11) is 3.39. The smallest absolute Gasteiger partial charge is 0.245 e. The molecule has 0 aromatic carbocycles. The number of carbonyl (C=O) groups excluding carboxylic acids is 1. The molecule has 1 amide bonds. The molecule has 2 nitrogen and oxygen atoms in total. The zero-order valence-electron chi connectivity index (χ0n) is 5.60. The molecule has 0 aromatic rings. The van der Waals surface area contributed by atoms with Gasteiger partial charge < -0.3 is 4.90 Å². The number of hydrogen-bond donors (Lipinski definition) is 0. The minimum atomic E-state index is -0.0318. The van der Waals surface area contributed by atoms with Crippen LogP contribution in [0.4, 0.5) is 0 Å². The lowest BCUT2D eigenvalue weighted by Crippen LogP contribution is -2.18. The first-order valence-electron chi connectivity index (χ1n) is 2.62. The van der Waals surface area contributed by atoms with Gasteiger partial charge in [-0.05, 0) is 0 Å². The quantitative estimate of drug-likeness (QED) is 0.419. The molecule has 0 aliphatic carbocycles. The first kappa shape index (κ1) is 8.50. The molecule has 0 unspecified atom stereocenters. The van der Waals surface area contributed by atoms with Gasteiger partial charge in [-0.15, -0.1) is 11.6 Å². The Kier molecular flexibility index (Phi) is 4.14. The second-order valence-electron chi connectivity index (χ2n) is 1.79. The Morgan fingerprint density at radius 1 is 1.67 bits per heavy atom. The van der Waals surface area contributed by atoms with Gasteiger partial charge in [0.2, 0.25) is 5.91 Å². The molecule has 0 saturated heterocycles. The molecule has 52 valence electrons. The number of amides is 1. The Morgan fingerprint density at radius 2 is 2.22 bits per heavy atom. The van der Waals surface area contributed by atoms with Gasteiger partial charge in [0, 0.05) is 26.1 Å². The summed E-state index contributed by atoms with van der Waals surface area (Å²) in [5, 5.41) is 0. The summed E-state index contributed by atoms with van der Waals surface area (Å²) in [5.74, 6) is 0.357. The summed E-state index contributed by atoms with van der Waals surface area (Å²) in [6.45, 7) is 0. The van der Waals surface area contributed by atoms with E-state index in [-0.39, 0.29) is 5.91 Å². The Bertz CT molecular complexity index is 120. The molecule has 0 aliphatic rings. The lowest BCUT2D eigenvalue weighted by atomic mass is 10.5. The zero-order valence-corrected chi connectivity index (χ0v) is 6.35. The van der Waals surface area contributed by atoms with Crippen molar-refractivity contribution in [3.05, 3.63) is 12.2 Å². The van der Waals surface area contributed by atoms with Gasteiger partial charge in [-0.25, -0.2) is 0 Å². The SMILES string of the molecule is CN(C)C(=O)/C=C/CCl. The van der Waals surface area contributed by atoms with Crippen molar-refractivity contribution in [1.82, 2.24) is 4.90 Å². The number of rotatable bonds is 2. The van der Waals surface area contributed by atoms with E-state index in [1.54, 1.807) is 20.2 Å². The van der Waals surface area contributed by atoms with Gasteiger partial charge in [0.15, 0.2) is 0 Å². The lowest BCUT2D eigenvalue weighted by molar-refractivity contribution is -0.123. The Balaban J connectivity index is 3.63. The lowest BCUT2D eigenvalue weighted by Gasteiger charge is -2.04. The summed E-state index contributed by atoms with van der Waals surface area (Å²) >= 11 is 5.29. The summed E-state index contributed by atoms with van der Waals surface area (Å²) in [6, 6.07) is 0. The first-order chi connectivity index (χ1) is 4.18. The number of carbonyl (C=O) groups is 1. The first-order valence-corrected chi connectivity index (χ1v) is 3.15. The summed E-state index contributed by atoms with van der Waals surface area (Å²) in [6.07, 6.45) is 3.07. The number of likely N-dealkylation sites (N-methyl/N-ethyl adjacent to an activating group) is 1. The number of halogens is 1. The summed E-state index contributed by atoms with van der Waals surface area (Å²) in [4.78, 5) is 12.2. The van der Waals surface area contributed by atoms with Crippen LogP contribution in [0.3, 0.4) is 0 Å². The molecule has 0 rings (SSSR count). The maximum Gasteiger partial charge on any atom is 0.245 e. The molecule has 3 heteroatoms. The van der Waals surface area contributed by atoms with Crippen LogP contribution in [0.25, 0.3) is 0 Å². The van der Waals surface area contributed by atoms with Gasteiger partial charge in [-0.3, -0.25) is 4.79 Å². The number of hydrogen-bond acceptors (Lipinski definition) is 1. The molecule has 0 spiro atoms. The molecular weight excluding hydrogens is 138 g/mol. The standard InChI is InChI=1S/C6H10ClNO/c1-8(2)6(9)4-3-5-7/h3-4H,5H2,1-2H3/b4-3+. The van der Waals surface area contributed by atoms with Crippen molar-refractivity contribution in [3.8, 4) is 0 Å². The molecule has 0 fully saturated rings. The Hall–Kier alpha value is -0.500. The highest BCUT2D eigenvalue weighted by atomic mass is 35.5. The molecule has 0 atom stereocenters. The largest absolute Gasteiger partial charge is 0.345 e. The van der Waals surface area contributed by atoms with Crippen molar-refractivity contribution in [2.24, 2.45) is 0 Å². The minimum Gasteiger partial charge on any atom is -0.345 e. The van der Waals surface area contributed by atoms with Crippen LogP contribution in [0, 0.1) is 0 Å². The number of nitrogens with zero attached hydrogens (tertiary/aromatic N) is 1. The monoisotopic (exact) mass is 147 g/mol. The van der Waals surface area contributed by atoms with Crippen LogP contribution in [0.5, 0.6) is 0 Å². The molecule has 0 saturated carbocycles. The van der Waals surface area contributed by atoms with E-state index in [0.717, 1.165) is 0 Å². The van der Waals surface area contributed by atoms with E-state index in [1.165, 1.54) is 11.0 Å². The summed E-state index contributed by atoms with van der Waals surface area (Å²) < 4.78 is 0. The third-order valence-corrected chi connectivity index (χ3v) is 0.968. The van der Waals surface area contributed by atoms with Gasteiger partial charge in [-0.2, -0.15) is 0 Å². The predicted octanol–water partition coefficient (Wildman–Crippen LogP) is 0.870. The fourth-order valence-electron chi connectivity index (χ4n) is 0.294. The van der Waals surface area contributed by atoms with Crippen molar-refractivity contribution < 1.29 is 4.79 Å². The second kappa shape index (κ2) is 4.39. The fraction of sp³-hybridized carbons (Fsp3) is 0.500. The van der Waals surface area contributed by atoms with Crippen molar-refractivity contribution in [2.45, 2.75) is 0 Å². The van der Waals surface area contributed by atoms with Crippen LogP contribution in [-0.4, -0.2) is 30.8 Å². The normalized spacial score (nSPS) is 10.1. The van der Waals surface area contributed by atoms with E-state index in [0.29, 0.717) is 5.88 Å². The van der Waals surface area contributed by atoms with Gasteiger partial charge in [-0.1, -0.05) is 6.08 Å². The molecule has 0 heterocycles. The van der Waals surface area contributed by atoms with Crippen LogP contribution in [-0.2, 0) is 4.79 Å². The van der Waals surface area contributed by atoms with E-state index in [2.05, 4.69) is 0 Å². The molecule has 0 aromatic heterocycles. The average Bonchev–Trinajstić information content (AvgIpc) is 1.82. The zero-order chi connectivity index (χ0) is 7.28. The van der Waals surface area contributed by atoms with Crippen molar-refractivity contribution in [3.63, 3.8) is 0 Å². The van der Waals surface area contributed by atoms with E-state index < -0.39 is 0 Å². The highest BCUT2D eigenvalue weighted by Crippen LogP contribution is 1.82. The van der Waals surface area contributed by atoms with E-state index >= 15 is 0 Å². The predicted molar refractivity (Wildman–Crippen MR) is 38.6 cm³/mol. The number of alkyl halides is 1. The fourth-order valence-corrected chi connectivity index (χ4v) is 0.384. The average molecular weight is 148 g/mol. The highest BCUT2D eigenvalue weighted by molar-refractivity contribution is 6.19. The van der Waals surface area contributed by atoms with Crippen molar-refractivity contribution >= 4 is 17.5 Å². The van der Waals surface area contributed by atoms with Gasteiger partial charge in [0.1, 0.15) is 0 Å². The minimum absolute atomic E-state index is 0.0318. The van der Waals surface area contributed by atoms with E-state index in [9.17, 15) is 4.79 Å². The third-order valence-electron chi connectivity index (χ3n) is 0.790. The van der Waals surface area contributed by atoms with Crippen LogP contribution in [0.1, 0.15) is 0 Å². The second-order valence-corrected chi connectivity index (χ2v) is 2.10. The summed E-state index contributed by atoms with van der Waals surface area (Å²) in [5.41, 5.74) is 0. The van der Waals surface area contributed by atoms with Gasteiger partial charge >= 0.3 is 0 Å². The van der Waals surface area contributed by atoms with Crippen LogP contribution < -0.4 is 0 Å². The molecule has 0 radical (unpaired) electrons. The molecule has 0 bridgehead atoms. The number of allylic oxidation sites excluding steroid dienone is 1. The maximum absolute atomic E-state index is 10.7. The third kappa shape index (κ3) is 4.03. The van der Waals surface area contributed by atoms with E-state index in [4.69, 9.17) is 11.6 Å². The van der Waals surface area contributed by atoms with Crippen molar-refractivity contribution in [2.75, 3.05) is 20.0 Å².